The zero-order chi connectivity index (χ0) is 22.4. The van der Waals surface area contributed by atoms with E-state index in [-0.39, 0.29) is 22.2 Å². The predicted octanol–water partition coefficient (Wildman–Crippen LogP) is 5.86. The summed E-state index contributed by atoms with van der Waals surface area (Å²) in [6.45, 7) is 0. The molecule has 0 aliphatic heterocycles. The second-order valence-corrected chi connectivity index (χ2v) is 7.77. The molecule has 0 aliphatic rings. The fraction of sp³-hybridized carbons (Fsp3) is 0.174. The number of benzene rings is 2. The molecule has 0 atom stereocenters. The van der Waals surface area contributed by atoms with E-state index in [9.17, 15) is 22.8 Å². The minimum Gasteiger partial charge on any atom is -0.322 e. The minimum absolute atomic E-state index is 0.0773. The number of hydrogen-bond donors (Lipinski definition) is 1. The van der Waals surface area contributed by atoms with Gasteiger partial charge in [0.25, 0.3) is 5.91 Å². The van der Waals surface area contributed by atoms with Gasteiger partial charge in [-0.2, -0.15) is 13.2 Å². The summed E-state index contributed by atoms with van der Waals surface area (Å²) in [5.74, 6) is -0.591. The van der Waals surface area contributed by atoms with Gasteiger partial charge in [-0.15, -0.1) is 0 Å². The number of rotatable bonds is 7. The third-order valence-electron chi connectivity index (χ3n) is 4.57. The molecule has 0 saturated carbocycles. The van der Waals surface area contributed by atoms with E-state index in [1.54, 1.807) is 36.7 Å². The molecule has 1 N–H and O–H groups in total. The van der Waals surface area contributed by atoms with Crippen molar-refractivity contribution in [3.8, 4) is 0 Å². The topological polar surface area (TPSA) is 59.1 Å². The first-order chi connectivity index (χ1) is 14.7. The van der Waals surface area contributed by atoms with Crippen LogP contribution in [0.3, 0.4) is 0 Å². The monoisotopic (exact) mass is 490 g/mol. The Balaban J connectivity index is 1.59. The molecule has 8 heteroatoms. The van der Waals surface area contributed by atoms with Crippen LogP contribution in [-0.4, -0.2) is 16.7 Å². The van der Waals surface area contributed by atoms with Crippen molar-refractivity contribution in [3.05, 3.63) is 93.7 Å². The van der Waals surface area contributed by atoms with Gasteiger partial charge < -0.3 is 5.32 Å². The minimum atomic E-state index is -4.54. The molecule has 0 unspecified atom stereocenters. The third-order valence-corrected chi connectivity index (χ3v) is 5.26. The van der Waals surface area contributed by atoms with E-state index in [0.717, 1.165) is 23.3 Å². The zero-order valence-corrected chi connectivity index (χ0v) is 17.8. The van der Waals surface area contributed by atoms with Gasteiger partial charge >= 0.3 is 6.18 Å². The lowest BCUT2D eigenvalue weighted by Crippen LogP contribution is -2.15. The van der Waals surface area contributed by atoms with Gasteiger partial charge in [-0.25, -0.2) is 0 Å². The maximum absolute atomic E-state index is 12.9. The van der Waals surface area contributed by atoms with Crippen LogP contribution < -0.4 is 5.32 Å². The lowest BCUT2D eigenvalue weighted by Gasteiger charge is -2.11. The molecule has 0 spiro atoms. The number of nitrogens with zero attached hydrogens (tertiary/aromatic N) is 1. The predicted molar refractivity (Wildman–Crippen MR) is 115 cm³/mol. The summed E-state index contributed by atoms with van der Waals surface area (Å²) in [4.78, 5) is 28.6. The molecule has 160 valence electrons. The largest absolute Gasteiger partial charge is 0.416 e. The highest BCUT2D eigenvalue weighted by Gasteiger charge is 2.31. The van der Waals surface area contributed by atoms with Crippen LogP contribution in [0.15, 0.2) is 71.5 Å². The van der Waals surface area contributed by atoms with Crippen LogP contribution in [0.2, 0.25) is 0 Å². The summed E-state index contributed by atoms with van der Waals surface area (Å²) in [5.41, 5.74) is 1.18. The number of aryl methyl sites for hydroxylation is 1. The van der Waals surface area contributed by atoms with Crippen molar-refractivity contribution in [2.24, 2.45) is 0 Å². The first-order valence-electron chi connectivity index (χ1n) is 9.40. The Hall–Kier alpha value is -3.00. The smallest absolute Gasteiger partial charge is 0.322 e. The van der Waals surface area contributed by atoms with Crippen LogP contribution in [0.25, 0.3) is 0 Å². The summed E-state index contributed by atoms with van der Waals surface area (Å²) >= 11 is 3.11. The average molecular weight is 491 g/mol. The number of nitrogens with one attached hydrogen (secondary N) is 1. The van der Waals surface area contributed by atoms with E-state index in [1.807, 2.05) is 12.1 Å². The Morgan fingerprint density at radius 1 is 1.00 bits per heavy atom. The van der Waals surface area contributed by atoms with Crippen molar-refractivity contribution >= 4 is 33.3 Å². The van der Waals surface area contributed by atoms with E-state index in [2.05, 4.69) is 26.2 Å². The Kier molecular flexibility index (Phi) is 7.22. The van der Waals surface area contributed by atoms with Crippen LogP contribution in [0, 0.1) is 0 Å². The number of Topliss-reactive ketones (excluding diaryl/α,β-unsaturated/α-hetero) is 1. The van der Waals surface area contributed by atoms with Gasteiger partial charge in [0.2, 0.25) is 0 Å². The van der Waals surface area contributed by atoms with E-state index in [4.69, 9.17) is 0 Å². The van der Waals surface area contributed by atoms with Crippen molar-refractivity contribution in [2.75, 3.05) is 5.32 Å². The number of amides is 1. The van der Waals surface area contributed by atoms with Gasteiger partial charge in [-0.3, -0.25) is 14.6 Å². The highest BCUT2D eigenvalue weighted by atomic mass is 79.9. The highest BCUT2D eigenvalue weighted by Crippen LogP contribution is 2.32. The number of halogens is 4. The molecule has 2 aromatic carbocycles. The fourth-order valence-corrected chi connectivity index (χ4v) is 3.35. The van der Waals surface area contributed by atoms with Gasteiger partial charge in [-0.1, -0.05) is 18.2 Å². The summed E-state index contributed by atoms with van der Waals surface area (Å²) in [7, 11) is 0. The second kappa shape index (κ2) is 9.87. The SMILES string of the molecule is O=C(CCc1cccnc1)Cc1ccc(NC(=O)c2cc(C(F)(F)F)ccc2Br)cc1. The normalized spacial score (nSPS) is 11.2. The molecular formula is C23H18BrF3N2O2. The molecule has 1 heterocycles. The van der Waals surface area contributed by atoms with Crippen molar-refractivity contribution in [3.63, 3.8) is 0 Å². The first kappa shape index (κ1) is 22.7. The van der Waals surface area contributed by atoms with Crippen LogP contribution >= 0.6 is 15.9 Å². The number of hydrogen-bond acceptors (Lipinski definition) is 3. The van der Waals surface area contributed by atoms with E-state index in [1.165, 1.54) is 6.07 Å². The third kappa shape index (κ3) is 6.49. The van der Waals surface area contributed by atoms with Gasteiger partial charge in [0.15, 0.2) is 0 Å². The van der Waals surface area contributed by atoms with E-state index in [0.29, 0.717) is 18.5 Å². The van der Waals surface area contributed by atoms with Gasteiger partial charge in [0.1, 0.15) is 5.78 Å². The summed E-state index contributed by atoms with van der Waals surface area (Å²) in [6.07, 6.45) is 0.139. The Bertz CT molecular complexity index is 1070. The molecule has 4 nitrogen and oxygen atoms in total. The van der Waals surface area contributed by atoms with Crippen LogP contribution in [0.4, 0.5) is 18.9 Å². The average Bonchev–Trinajstić information content (AvgIpc) is 2.74. The van der Waals surface area contributed by atoms with E-state index < -0.39 is 17.6 Å². The Morgan fingerprint density at radius 2 is 1.74 bits per heavy atom. The van der Waals surface area contributed by atoms with Gasteiger partial charge in [0, 0.05) is 35.4 Å². The van der Waals surface area contributed by atoms with Gasteiger partial charge in [-0.05, 0) is 69.9 Å². The number of ketones is 1. The first-order valence-corrected chi connectivity index (χ1v) is 10.2. The highest BCUT2D eigenvalue weighted by molar-refractivity contribution is 9.10. The quantitative estimate of drug-likeness (QED) is 0.451. The second-order valence-electron chi connectivity index (χ2n) is 6.92. The number of aromatic nitrogens is 1. The zero-order valence-electron chi connectivity index (χ0n) is 16.2. The molecule has 1 amide bonds. The number of anilines is 1. The van der Waals surface area contributed by atoms with Gasteiger partial charge in [0.05, 0.1) is 11.1 Å². The summed E-state index contributed by atoms with van der Waals surface area (Å²) in [6, 6.07) is 13.3. The maximum Gasteiger partial charge on any atom is 0.416 e. The molecule has 31 heavy (non-hydrogen) atoms. The maximum atomic E-state index is 12.9. The van der Waals surface area contributed by atoms with Crippen molar-refractivity contribution in [2.45, 2.75) is 25.4 Å². The van der Waals surface area contributed by atoms with Crippen LogP contribution in [0.5, 0.6) is 0 Å². The standard InChI is InChI=1S/C23H18BrF3N2O2/c24-21-10-6-17(23(25,26)27)13-20(21)22(31)29-18-7-3-15(4-8-18)12-19(30)9-5-16-2-1-11-28-14-16/h1-4,6-8,10-11,13-14H,5,9,12H2,(H,29,31). The number of carbonyl (C=O) groups is 2. The molecule has 0 fully saturated rings. The van der Waals surface area contributed by atoms with Crippen molar-refractivity contribution in [1.82, 2.24) is 4.98 Å². The molecule has 1 aromatic heterocycles. The van der Waals surface area contributed by atoms with Crippen molar-refractivity contribution < 1.29 is 22.8 Å². The Labute approximate surface area is 185 Å². The van der Waals surface area contributed by atoms with E-state index >= 15 is 0 Å². The lowest BCUT2D eigenvalue weighted by molar-refractivity contribution is -0.137. The lowest BCUT2D eigenvalue weighted by atomic mass is 10.0. The van der Waals surface area contributed by atoms with Crippen LogP contribution in [-0.2, 0) is 23.8 Å². The molecule has 0 radical (unpaired) electrons. The number of pyridine rings is 1. The summed E-state index contributed by atoms with van der Waals surface area (Å²) in [5, 5.41) is 2.58. The molecule has 0 bridgehead atoms. The molecule has 3 aromatic rings. The van der Waals surface area contributed by atoms with Crippen molar-refractivity contribution in [1.29, 1.82) is 0 Å². The molecular weight excluding hydrogens is 473 g/mol. The number of alkyl halides is 3. The fourth-order valence-electron chi connectivity index (χ4n) is 2.93. The van der Waals surface area contributed by atoms with Crippen LogP contribution in [0.1, 0.15) is 33.5 Å². The molecule has 0 saturated heterocycles. The Morgan fingerprint density at radius 3 is 2.39 bits per heavy atom. The molecule has 0 aliphatic carbocycles. The summed E-state index contributed by atoms with van der Waals surface area (Å²) < 4.78 is 39.0. The number of carbonyl (C=O) groups excluding carboxylic acids is 2. The molecule has 3 rings (SSSR count).